The van der Waals surface area contributed by atoms with Gasteiger partial charge in [-0.05, 0) is 62.4 Å². The molecule has 5 nitrogen and oxygen atoms in total. The van der Waals surface area contributed by atoms with Gasteiger partial charge in [0.1, 0.15) is 0 Å². The summed E-state index contributed by atoms with van der Waals surface area (Å²) in [4.78, 5) is 31.4. The third-order valence-electron chi connectivity index (χ3n) is 5.87. The van der Waals surface area contributed by atoms with Crippen molar-refractivity contribution in [2.45, 2.75) is 39.2 Å². The predicted octanol–water partition coefficient (Wildman–Crippen LogP) is 4.45. The fourth-order valence-corrected chi connectivity index (χ4v) is 4.15. The smallest absolute Gasteiger partial charge is 0.324 e. The quantitative estimate of drug-likeness (QED) is 0.773. The van der Waals surface area contributed by atoms with Crippen molar-refractivity contribution in [3.63, 3.8) is 0 Å². The highest BCUT2D eigenvalue weighted by molar-refractivity contribution is 5.96. The monoisotopic (exact) mass is 391 g/mol. The second kappa shape index (κ2) is 8.68. The number of amides is 3. The summed E-state index contributed by atoms with van der Waals surface area (Å²) in [6.45, 7) is 5.87. The van der Waals surface area contributed by atoms with Crippen LogP contribution in [-0.2, 0) is 6.54 Å². The minimum absolute atomic E-state index is 0.0342. The average molecular weight is 392 g/mol. The largest absolute Gasteiger partial charge is 0.339 e. The van der Waals surface area contributed by atoms with Crippen molar-refractivity contribution in [3.8, 4) is 0 Å². The molecule has 0 bridgehead atoms. The number of nitrogens with zero attached hydrogens (tertiary/aromatic N) is 3. The summed E-state index contributed by atoms with van der Waals surface area (Å²) in [6, 6.07) is 15.9. The molecular weight excluding hydrogens is 362 g/mol. The second-order valence-corrected chi connectivity index (χ2v) is 8.09. The van der Waals surface area contributed by atoms with Crippen LogP contribution in [0.4, 0.5) is 10.5 Å². The first kappa shape index (κ1) is 19.5. The number of carbonyl (C=O) groups excluding carboxylic acids is 2. The molecule has 0 spiro atoms. The summed E-state index contributed by atoms with van der Waals surface area (Å²) in [5.41, 5.74) is 3.93. The molecule has 2 saturated heterocycles. The van der Waals surface area contributed by atoms with E-state index in [2.05, 4.69) is 31.2 Å². The fourth-order valence-electron chi connectivity index (χ4n) is 4.15. The van der Waals surface area contributed by atoms with Crippen LogP contribution in [-0.4, -0.2) is 47.9 Å². The van der Waals surface area contributed by atoms with Gasteiger partial charge in [-0.2, -0.15) is 0 Å². The molecule has 2 aliphatic heterocycles. The molecule has 0 saturated carbocycles. The Bertz CT molecular complexity index is 855. The van der Waals surface area contributed by atoms with Gasteiger partial charge in [0, 0.05) is 44.0 Å². The minimum Gasteiger partial charge on any atom is -0.339 e. The third kappa shape index (κ3) is 4.44. The zero-order chi connectivity index (χ0) is 20.2. The lowest BCUT2D eigenvalue weighted by Crippen LogP contribution is -2.49. The van der Waals surface area contributed by atoms with E-state index in [9.17, 15) is 9.59 Å². The normalized spacial score (nSPS) is 17.6. The van der Waals surface area contributed by atoms with E-state index in [0.29, 0.717) is 18.7 Å². The molecule has 2 fully saturated rings. The maximum atomic E-state index is 13.0. The van der Waals surface area contributed by atoms with E-state index in [0.717, 1.165) is 50.1 Å². The van der Waals surface area contributed by atoms with Crippen LogP contribution in [0.1, 0.15) is 47.2 Å². The molecule has 2 heterocycles. The van der Waals surface area contributed by atoms with Crippen LogP contribution < -0.4 is 4.90 Å². The molecule has 0 N–H and O–H groups in total. The van der Waals surface area contributed by atoms with Crippen LogP contribution in [0.25, 0.3) is 0 Å². The zero-order valence-electron chi connectivity index (χ0n) is 17.1. The Morgan fingerprint density at radius 2 is 1.52 bits per heavy atom. The number of piperidine rings is 1. The van der Waals surface area contributed by atoms with Crippen LogP contribution >= 0.6 is 0 Å². The lowest BCUT2D eigenvalue weighted by atomic mass is 10.1. The van der Waals surface area contributed by atoms with E-state index >= 15 is 0 Å². The van der Waals surface area contributed by atoms with E-state index < -0.39 is 0 Å². The fraction of sp³-hybridized carbons (Fsp3) is 0.417. The third-order valence-corrected chi connectivity index (χ3v) is 5.87. The molecule has 2 aromatic carbocycles. The Kier molecular flexibility index (Phi) is 5.84. The first-order valence-electron chi connectivity index (χ1n) is 10.6. The van der Waals surface area contributed by atoms with Crippen molar-refractivity contribution in [2.24, 2.45) is 0 Å². The molecule has 0 unspecified atom stereocenters. The molecule has 3 amide bonds. The standard InChI is InChI=1S/C24H29N3O2/c1-19-6-8-20(9-7-19)18-26-16-5-17-27(24(26)29)22-12-10-21(11-13-22)23(28)25-14-3-2-4-15-25/h6-13H,2-5,14-18H2,1H3. The molecule has 0 radical (unpaired) electrons. The van der Waals surface area contributed by atoms with Gasteiger partial charge in [0.25, 0.3) is 5.91 Å². The van der Waals surface area contributed by atoms with Gasteiger partial charge in [-0.15, -0.1) is 0 Å². The molecular formula is C24H29N3O2. The zero-order valence-corrected chi connectivity index (χ0v) is 17.1. The van der Waals surface area contributed by atoms with Crippen LogP contribution in [0.15, 0.2) is 48.5 Å². The minimum atomic E-state index is 0.0342. The summed E-state index contributed by atoms with van der Waals surface area (Å²) in [5, 5.41) is 0. The van der Waals surface area contributed by atoms with Gasteiger partial charge in [-0.1, -0.05) is 29.8 Å². The van der Waals surface area contributed by atoms with Crippen LogP contribution in [0.2, 0.25) is 0 Å². The number of hydrogen-bond donors (Lipinski definition) is 0. The van der Waals surface area contributed by atoms with Crippen LogP contribution in [0, 0.1) is 6.92 Å². The predicted molar refractivity (Wildman–Crippen MR) is 115 cm³/mol. The number of aryl methyl sites for hydroxylation is 1. The molecule has 0 atom stereocenters. The first-order valence-corrected chi connectivity index (χ1v) is 10.6. The number of rotatable bonds is 4. The SMILES string of the molecule is Cc1ccc(CN2CCCN(c3ccc(C(=O)N4CCCCC4)cc3)C2=O)cc1. The van der Waals surface area contributed by atoms with E-state index in [1.807, 2.05) is 39.0 Å². The van der Waals surface area contributed by atoms with Gasteiger partial charge in [0.05, 0.1) is 0 Å². The number of hydrogen-bond acceptors (Lipinski definition) is 2. The Morgan fingerprint density at radius 3 is 2.21 bits per heavy atom. The summed E-state index contributed by atoms with van der Waals surface area (Å²) in [5.74, 6) is 0.0993. The lowest BCUT2D eigenvalue weighted by molar-refractivity contribution is 0.0724. The van der Waals surface area contributed by atoms with Crippen LogP contribution in [0.3, 0.4) is 0 Å². The van der Waals surface area contributed by atoms with Gasteiger partial charge in [-0.3, -0.25) is 9.69 Å². The van der Waals surface area contributed by atoms with E-state index in [1.165, 1.54) is 12.0 Å². The molecule has 0 aliphatic carbocycles. The van der Waals surface area contributed by atoms with Crippen molar-refractivity contribution in [2.75, 3.05) is 31.1 Å². The number of urea groups is 1. The highest BCUT2D eigenvalue weighted by atomic mass is 16.2. The molecule has 5 heteroatoms. The van der Waals surface area contributed by atoms with Gasteiger partial charge in [-0.25, -0.2) is 4.79 Å². The van der Waals surface area contributed by atoms with Gasteiger partial charge in [0.15, 0.2) is 0 Å². The van der Waals surface area contributed by atoms with Crippen molar-refractivity contribution in [1.82, 2.24) is 9.80 Å². The Balaban J connectivity index is 1.43. The van der Waals surface area contributed by atoms with Crippen molar-refractivity contribution >= 4 is 17.6 Å². The molecule has 2 aromatic rings. The Morgan fingerprint density at radius 1 is 0.828 bits per heavy atom. The topological polar surface area (TPSA) is 43.9 Å². The van der Waals surface area contributed by atoms with E-state index in [1.54, 1.807) is 0 Å². The average Bonchev–Trinajstić information content (AvgIpc) is 2.77. The maximum absolute atomic E-state index is 13.0. The van der Waals surface area contributed by atoms with Crippen LogP contribution in [0.5, 0.6) is 0 Å². The molecule has 152 valence electrons. The Hall–Kier alpha value is -2.82. The number of carbonyl (C=O) groups is 2. The second-order valence-electron chi connectivity index (χ2n) is 8.09. The van der Waals surface area contributed by atoms with Gasteiger partial charge >= 0.3 is 6.03 Å². The highest BCUT2D eigenvalue weighted by Crippen LogP contribution is 2.23. The van der Waals surface area contributed by atoms with Crippen molar-refractivity contribution in [3.05, 3.63) is 65.2 Å². The van der Waals surface area contributed by atoms with E-state index in [4.69, 9.17) is 0 Å². The highest BCUT2D eigenvalue weighted by Gasteiger charge is 2.27. The summed E-state index contributed by atoms with van der Waals surface area (Å²) in [6.07, 6.45) is 4.32. The number of anilines is 1. The molecule has 0 aromatic heterocycles. The number of likely N-dealkylation sites (tertiary alicyclic amines) is 1. The first-order chi connectivity index (χ1) is 14.1. The summed E-state index contributed by atoms with van der Waals surface area (Å²) >= 11 is 0. The molecule has 4 rings (SSSR count). The van der Waals surface area contributed by atoms with E-state index in [-0.39, 0.29) is 11.9 Å². The lowest BCUT2D eigenvalue weighted by Gasteiger charge is -2.36. The summed E-state index contributed by atoms with van der Waals surface area (Å²) < 4.78 is 0. The molecule has 29 heavy (non-hydrogen) atoms. The Labute approximate surface area is 172 Å². The molecule has 2 aliphatic rings. The summed E-state index contributed by atoms with van der Waals surface area (Å²) in [7, 11) is 0. The van der Waals surface area contributed by atoms with Gasteiger partial charge < -0.3 is 9.80 Å². The van der Waals surface area contributed by atoms with Crippen molar-refractivity contribution < 1.29 is 9.59 Å². The number of benzene rings is 2. The van der Waals surface area contributed by atoms with Crippen molar-refractivity contribution in [1.29, 1.82) is 0 Å². The maximum Gasteiger partial charge on any atom is 0.324 e. The van der Waals surface area contributed by atoms with Gasteiger partial charge in [0.2, 0.25) is 0 Å².